The fourth-order valence-electron chi connectivity index (χ4n) is 2.11. The number of hydrogen-bond acceptors (Lipinski definition) is 3. The van der Waals surface area contributed by atoms with Crippen molar-refractivity contribution in [2.45, 2.75) is 39.3 Å². The van der Waals surface area contributed by atoms with Crippen LogP contribution >= 0.6 is 11.3 Å². The normalized spacial score (nSPS) is 12.6. The molecule has 1 unspecified atom stereocenters. The van der Waals surface area contributed by atoms with Gasteiger partial charge in [0, 0.05) is 23.7 Å². The van der Waals surface area contributed by atoms with Gasteiger partial charge in [0.25, 0.3) is 0 Å². The van der Waals surface area contributed by atoms with Crippen molar-refractivity contribution in [2.24, 2.45) is 0 Å². The second kappa shape index (κ2) is 6.66. The lowest BCUT2D eigenvalue weighted by atomic mass is 10.1. The van der Waals surface area contributed by atoms with Gasteiger partial charge >= 0.3 is 0 Å². The van der Waals surface area contributed by atoms with E-state index >= 15 is 0 Å². The van der Waals surface area contributed by atoms with E-state index in [1.165, 1.54) is 16.1 Å². The minimum absolute atomic E-state index is 0.441. The van der Waals surface area contributed by atoms with Crippen molar-refractivity contribution >= 4 is 11.3 Å². The molecule has 1 atom stereocenters. The Kier molecular flexibility index (Phi) is 4.90. The number of nitrogens with one attached hydrogen (secondary N) is 1. The molecule has 2 aromatic heterocycles. The fraction of sp³-hybridized carbons (Fsp3) is 0.400. The third-order valence-electron chi connectivity index (χ3n) is 3.18. The molecule has 0 aliphatic rings. The molecule has 3 heteroatoms. The number of thiophene rings is 1. The van der Waals surface area contributed by atoms with Crippen LogP contribution in [0.3, 0.4) is 0 Å². The van der Waals surface area contributed by atoms with Gasteiger partial charge < -0.3 is 5.32 Å². The molecule has 0 spiro atoms. The summed E-state index contributed by atoms with van der Waals surface area (Å²) in [5.41, 5.74) is 2.51. The predicted octanol–water partition coefficient (Wildman–Crippen LogP) is 3.95. The highest BCUT2D eigenvalue weighted by atomic mass is 32.1. The lowest BCUT2D eigenvalue weighted by molar-refractivity contribution is 0.520. The van der Waals surface area contributed by atoms with Crippen molar-refractivity contribution in [3.8, 4) is 0 Å². The Morgan fingerprint density at radius 1 is 1.28 bits per heavy atom. The van der Waals surface area contributed by atoms with Crippen molar-refractivity contribution in [1.29, 1.82) is 0 Å². The standard InChI is InChI=1S/C15H20N2S/c1-3-12-7-5-9-16-14(12)11-17-13(4-2)15-8-6-10-18-15/h5-10,13,17H,3-4,11H2,1-2H3. The minimum atomic E-state index is 0.441. The SMILES string of the molecule is CCc1cccnc1CNC(CC)c1cccs1. The average molecular weight is 260 g/mol. The monoisotopic (exact) mass is 260 g/mol. The highest BCUT2D eigenvalue weighted by molar-refractivity contribution is 7.10. The van der Waals surface area contributed by atoms with E-state index in [0.717, 1.165) is 19.4 Å². The molecule has 1 N–H and O–H groups in total. The van der Waals surface area contributed by atoms with Crippen molar-refractivity contribution < 1.29 is 0 Å². The van der Waals surface area contributed by atoms with E-state index < -0.39 is 0 Å². The molecule has 0 bridgehead atoms. The zero-order chi connectivity index (χ0) is 12.8. The quantitative estimate of drug-likeness (QED) is 0.850. The molecule has 96 valence electrons. The molecule has 2 nitrogen and oxygen atoms in total. The van der Waals surface area contributed by atoms with Crippen molar-refractivity contribution in [3.63, 3.8) is 0 Å². The van der Waals surface area contributed by atoms with E-state index in [1.807, 2.05) is 23.6 Å². The maximum absolute atomic E-state index is 4.48. The largest absolute Gasteiger partial charge is 0.304 e. The molecule has 2 heterocycles. The topological polar surface area (TPSA) is 24.9 Å². The molecule has 0 amide bonds. The zero-order valence-corrected chi connectivity index (χ0v) is 11.8. The summed E-state index contributed by atoms with van der Waals surface area (Å²) in [6.07, 6.45) is 4.03. The van der Waals surface area contributed by atoms with Crippen LogP contribution in [-0.2, 0) is 13.0 Å². The summed E-state index contributed by atoms with van der Waals surface area (Å²) in [6, 6.07) is 8.93. The van der Waals surface area contributed by atoms with E-state index in [2.05, 4.69) is 47.7 Å². The van der Waals surface area contributed by atoms with Gasteiger partial charge in [-0.2, -0.15) is 0 Å². The second-order valence-electron chi connectivity index (χ2n) is 4.32. The summed E-state index contributed by atoms with van der Waals surface area (Å²) >= 11 is 1.82. The van der Waals surface area contributed by atoms with Gasteiger partial charge in [0.1, 0.15) is 0 Å². The molecule has 0 saturated carbocycles. The number of aryl methyl sites for hydroxylation is 1. The summed E-state index contributed by atoms with van der Waals surface area (Å²) in [7, 11) is 0. The highest BCUT2D eigenvalue weighted by Gasteiger charge is 2.10. The van der Waals surface area contributed by atoms with E-state index in [-0.39, 0.29) is 0 Å². The van der Waals surface area contributed by atoms with Crippen molar-refractivity contribution in [3.05, 3.63) is 52.0 Å². The smallest absolute Gasteiger partial charge is 0.0573 e. The van der Waals surface area contributed by atoms with E-state index in [9.17, 15) is 0 Å². The molecule has 0 aromatic carbocycles. The molecule has 0 saturated heterocycles. The Morgan fingerprint density at radius 3 is 2.83 bits per heavy atom. The molecule has 0 radical (unpaired) electrons. The number of hydrogen-bond donors (Lipinski definition) is 1. The van der Waals surface area contributed by atoms with Crippen LogP contribution in [0.25, 0.3) is 0 Å². The first-order valence-electron chi connectivity index (χ1n) is 6.54. The summed E-state index contributed by atoms with van der Waals surface area (Å²) in [4.78, 5) is 5.89. The van der Waals surface area contributed by atoms with Crippen molar-refractivity contribution in [1.82, 2.24) is 10.3 Å². The molecule has 0 aliphatic heterocycles. The third kappa shape index (κ3) is 3.18. The van der Waals surface area contributed by atoms with Gasteiger partial charge in [0.05, 0.1) is 5.69 Å². The van der Waals surface area contributed by atoms with Crippen molar-refractivity contribution in [2.75, 3.05) is 0 Å². The number of aromatic nitrogens is 1. The van der Waals surface area contributed by atoms with Crippen LogP contribution in [0.5, 0.6) is 0 Å². The lowest BCUT2D eigenvalue weighted by Gasteiger charge is -2.16. The van der Waals surface area contributed by atoms with Gasteiger partial charge in [-0.25, -0.2) is 0 Å². The number of rotatable bonds is 6. The second-order valence-corrected chi connectivity index (χ2v) is 5.30. The summed E-state index contributed by atoms with van der Waals surface area (Å²) < 4.78 is 0. The van der Waals surface area contributed by atoms with Crippen LogP contribution in [0.1, 0.15) is 42.4 Å². The van der Waals surface area contributed by atoms with Crippen LogP contribution in [0, 0.1) is 0 Å². The van der Waals surface area contributed by atoms with Gasteiger partial charge in [-0.15, -0.1) is 11.3 Å². The van der Waals surface area contributed by atoms with E-state index in [1.54, 1.807) is 0 Å². The Hall–Kier alpha value is -1.19. The average Bonchev–Trinajstić information content (AvgIpc) is 2.94. The molecule has 0 aliphatic carbocycles. The maximum Gasteiger partial charge on any atom is 0.0573 e. The Morgan fingerprint density at radius 2 is 2.17 bits per heavy atom. The number of pyridine rings is 1. The minimum Gasteiger partial charge on any atom is -0.304 e. The van der Waals surface area contributed by atoms with E-state index in [4.69, 9.17) is 0 Å². The third-order valence-corrected chi connectivity index (χ3v) is 4.16. The Labute approximate surface area is 113 Å². The Bertz CT molecular complexity index is 465. The highest BCUT2D eigenvalue weighted by Crippen LogP contribution is 2.22. The summed E-state index contributed by atoms with van der Waals surface area (Å²) in [5, 5.41) is 5.75. The fourth-order valence-corrected chi connectivity index (χ4v) is 2.99. The van der Waals surface area contributed by atoms with Gasteiger partial charge in [0.15, 0.2) is 0 Å². The summed E-state index contributed by atoms with van der Waals surface area (Å²) in [5.74, 6) is 0. The maximum atomic E-state index is 4.48. The van der Waals surface area contributed by atoms with Gasteiger partial charge in [-0.1, -0.05) is 26.0 Å². The van der Waals surface area contributed by atoms with Crippen LogP contribution in [-0.4, -0.2) is 4.98 Å². The first kappa shape index (κ1) is 13.2. The van der Waals surface area contributed by atoms with E-state index in [0.29, 0.717) is 6.04 Å². The zero-order valence-electron chi connectivity index (χ0n) is 11.0. The molecule has 2 rings (SSSR count). The molecular formula is C15H20N2S. The molecule has 18 heavy (non-hydrogen) atoms. The molecular weight excluding hydrogens is 240 g/mol. The van der Waals surface area contributed by atoms with Gasteiger partial charge in [-0.05, 0) is 35.9 Å². The van der Waals surface area contributed by atoms with Crippen LogP contribution in [0.15, 0.2) is 35.8 Å². The van der Waals surface area contributed by atoms with Crippen LogP contribution in [0.4, 0.5) is 0 Å². The molecule has 2 aromatic rings. The predicted molar refractivity (Wildman–Crippen MR) is 77.8 cm³/mol. The van der Waals surface area contributed by atoms with Crippen LogP contribution < -0.4 is 5.32 Å². The van der Waals surface area contributed by atoms with Gasteiger partial charge in [-0.3, -0.25) is 4.98 Å². The first-order chi connectivity index (χ1) is 8.85. The molecule has 0 fully saturated rings. The number of nitrogens with zero attached hydrogens (tertiary/aromatic N) is 1. The Balaban J connectivity index is 2.02. The van der Waals surface area contributed by atoms with Crippen LogP contribution in [0.2, 0.25) is 0 Å². The lowest BCUT2D eigenvalue weighted by Crippen LogP contribution is -2.20. The first-order valence-corrected chi connectivity index (χ1v) is 7.42. The van der Waals surface area contributed by atoms with Gasteiger partial charge in [0.2, 0.25) is 0 Å². The summed E-state index contributed by atoms with van der Waals surface area (Å²) in [6.45, 7) is 5.24.